The van der Waals surface area contributed by atoms with Crippen LogP contribution in [0.5, 0.6) is 0 Å². The van der Waals surface area contributed by atoms with E-state index in [1.807, 2.05) is 0 Å². The van der Waals surface area contributed by atoms with Crippen LogP contribution in [0.25, 0.3) is 0 Å². The minimum absolute atomic E-state index is 0.120. The van der Waals surface area contributed by atoms with Crippen molar-refractivity contribution in [2.45, 2.75) is 11.5 Å². The van der Waals surface area contributed by atoms with Gasteiger partial charge in [0.05, 0.1) is 0 Å². The fraction of sp³-hybridized carbons (Fsp3) is 0.286. The van der Waals surface area contributed by atoms with Crippen molar-refractivity contribution in [3.05, 3.63) is 33.5 Å². The molecule has 1 aromatic rings. The summed E-state index contributed by atoms with van der Waals surface area (Å²) in [5.74, 6) is -0.600. The molecule has 0 unspecified atom stereocenters. The molecule has 0 amide bonds. The largest absolute Gasteiger partial charge is 0.420 e. The highest BCUT2D eigenvalue weighted by atomic mass is 79.9. The lowest BCUT2D eigenvalue weighted by Gasteiger charge is -2.08. The third-order valence-electron chi connectivity index (χ3n) is 1.61. The number of alkyl halides is 4. The Bertz CT molecular complexity index is 394. The lowest BCUT2D eigenvalue weighted by atomic mass is 10.1. The van der Waals surface area contributed by atoms with Gasteiger partial charge in [-0.25, -0.2) is 0 Å². The lowest BCUT2D eigenvalue weighted by molar-refractivity contribution is -0.389. The van der Waals surface area contributed by atoms with Crippen LogP contribution in [-0.4, -0.2) is 9.91 Å². The summed E-state index contributed by atoms with van der Waals surface area (Å²) in [6.45, 7) is 0. The van der Waals surface area contributed by atoms with Crippen LogP contribution < -0.4 is 0 Å². The van der Waals surface area contributed by atoms with Crippen molar-refractivity contribution in [2.24, 2.45) is 0 Å². The normalized spacial score (nSPS) is 11.5. The molecular formula is C7H4BrF3N2O2. The summed E-state index contributed by atoms with van der Waals surface area (Å²) in [6.07, 6.45) is -4.08. The third kappa shape index (κ3) is 2.65. The van der Waals surface area contributed by atoms with Gasteiger partial charge in [0.1, 0.15) is 5.56 Å². The zero-order valence-corrected chi connectivity index (χ0v) is 8.67. The molecule has 0 saturated carbocycles. The number of nitrogens with zero attached hydrogens (tertiary/aromatic N) is 2. The third-order valence-corrected chi connectivity index (χ3v) is 2.22. The fourth-order valence-electron chi connectivity index (χ4n) is 0.950. The van der Waals surface area contributed by atoms with Crippen LogP contribution in [0.15, 0.2) is 12.3 Å². The Morgan fingerprint density at radius 1 is 1.53 bits per heavy atom. The van der Waals surface area contributed by atoms with Gasteiger partial charge in [-0.05, 0) is 15.5 Å². The highest BCUT2D eigenvalue weighted by molar-refractivity contribution is 9.08. The van der Waals surface area contributed by atoms with Crippen molar-refractivity contribution < 1.29 is 18.1 Å². The Labute approximate surface area is 90.4 Å². The molecule has 0 aromatic carbocycles. The predicted octanol–water partition coefficient (Wildman–Crippen LogP) is 2.90. The van der Waals surface area contributed by atoms with Gasteiger partial charge < -0.3 is 10.1 Å². The average molecular weight is 285 g/mol. The van der Waals surface area contributed by atoms with Crippen molar-refractivity contribution >= 4 is 21.7 Å². The quantitative estimate of drug-likeness (QED) is 0.477. The molecule has 0 atom stereocenters. The Morgan fingerprint density at radius 3 is 2.53 bits per heavy atom. The number of hydrogen-bond donors (Lipinski definition) is 0. The number of hydrogen-bond acceptors (Lipinski definition) is 3. The molecule has 0 N–H and O–H groups in total. The molecule has 1 rings (SSSR count). The Balaban J connectivity index is 3.27. The Hall–Kier alpha value is -1.18. The Morgan fingerprint density at radius 2 is 2.13 bits per heavy atom. The van der Waals surface area contributed by atoms with Gasteiger partial charge in [-0.2, -0.15) is 13.2 Å². The molecular weight excluding hydrogens is 281 g/mol. The summed E-state index contributed by atoms with van der Waals surface area (Å²) in [4.78, 5) is 12.5. The number of rotatable bonds is 2. The van der Waals surface area contributed by atoms with Gasteiger partial charge in [-0.15, -0.1) is 0 Å². The minimum Gasteiger partial charge on any atom is -0.358 e. The van der Waals surface area contributed by atoms with Gasteiger partial charge in [0, 0.05) is 11.4 Å². The van der Waals surface area contributed by atoms with Gasteiger partial charge in [0.2, 0.25) is 0 Å². The molecule has 0 radical (unpaired) electrons. The summed E-state index contributed by atoms with van der Waals surface area (Å²) in [7, 11) is 0. The maximum absolute atomic E-state index is 12.3. The van der Waals surface area contributed by atoms with Crippen molar-refractivity contribution in [3.8, 4) is 0 Å². The summed E-state index contributed by atoms with van der Waals surface area (Å²) >= 11 is 2.83. The van der Waals surface area contributed by atoms with Crippen LogP contribution in [0.3, 0.4) is 0 Å². The second-order valence-corrected chi connectivity index (χ2v) is 3.15. The van der Waals surface area contributed by atoms with E-state index in [0.29, 0.717) is 6.20 Å². The van der Waals surface area contributed by atoms with Gasteiger partial charge in [0.15, 0.2) is 6.20 Å². The van der Waals surface area contributed by atoms with Crippen LogP contribution in [0.4, 0.5) is 19.0 Å². The van der Waals surface area contributed by atoms with Gasteiger partial charge >= 0.3 is 12.0 Å². The molecule has 1 heterocycles. The highest BCUT2D eigenvalue weighted by Gasteiger charge is 2.35. The van der Waals surface area contributed by atoms with Crippen molar-refractivity contribution in [2.75, 3.05) is 0 Å². The molecule has 0 aliphatic heterocycles. The molecule has 0 fully saturated rings. The zero-order chi connectivity index (χ0) is 11.6. The lowest BCUT2D eigenvalue weighted by Crippen LogP contribution is -2.10. The molecule has 0 aliphatic rings. The first kappa shape index (κ1) is 11.9. The first-order valence-electron chi connectivity index (χ1n) is 3.62. The summed E-state index contributed by atoms with van der Waals surface area (Å²) in [5.41, 5.74) is -1.17. The smallest absolute Gasteiger partial charge is 0.358 e. The van der Waals surface area contributed by atoms with Crippen LogP contribution >= 0.6 is 15.9 Å². The first-order chi connectivity index (χ1) is 6.86. The summed E-state index contributed by atoms with van der Waals surface area (Å²) in [5, 5.41) is 10.2. The maximum atomic E-state index is 12.3. The Kier molecular flexibility index (Phi) is 3.28. The summed E-state index contributed by atoms with van der Waals surface area (Å²) < 4.78 is 37.0. The highest BCUT2D eigenvalue weighted by Crippen LogP contribution is 2.33. The average Bonchev–Trinajstić information content (AvgIpc) is 2.15. The van der Waals surface area contributed by atoms with Crippen molar-refractivity contribution in [1.82, 2.24) is 4.98 Å². The topological polar surface area (TPSA) is 56.0 Å². The molecule has 0 saturated heterocycles. The van der Waals surface area contributed by atoms with E-state index in [-0.39, 0.29) is 10.9 Å². The molecule has 4 nitrogen and oxygen atoms in total. The number of aromatic nitrogens is 1. The van der Waals surface area contributed by atoms with Crippen LogP contribution in [0.1, 0.15) is 11.1 Å². The number of nitro groups is 1. The van der Waals surface area contributed by atoms with Crippen LogP contribution in [0.2, 0.25) is 0 Å². The van der Waals surface area contributed by atoms with Gasteiger partial charge in [-0.1, -0.05) is 15.9 Å². The van der Waals surface area contributed by atoms with E-state index in [0.717, 1.165) is 6.07 Å². The van der Waals surface area contributed by atoms with E-state index in [9.17, 15) is 23.3 Å². The first-order valence-corrected chi connectivity index (χ1v) is 4.75. The molecule has 15 heavy (non-hydrogen) atoms. The van der Waals surface area contributed by atoms with Crippen molar-refractivity contribution in [3.63, 3.8) is 0 Å². The summed E-state index contributed by atoms with van der Waals surface area (Å²) in [6, 6.07) is 0.803. The van der Waals surface area contributed by atoms with E-state index in [1.165, 1.54) is 0 Å². The van der Waals surface area contributed by atoms with Gasteiger partial charge in [-0.3, -0.25) is 0 Å². The monoisotopic (exact) mass is 284 g/mol. The number of pyridine rings is 1. The SMILES string of the molecule is O=[N+]([O-])c1cc(CBr)c(C(F)(F)F)cn1. The van der Waals surface area contributed by atoms with E-state index in [1.54, 1.807) is 0 Å². The predicted molar refractivity (Wildman–Crippen MR) is 48.5 cm³/mol. The molecule has 0 aliphatic carbocycles. The van der Waals surface area contributed by atoms with E-state index < -0.39 is 22.5 Å². The molecule has 1 aromatic heterocycles. The molecule has 82 valence electrons. The maximum Gasteiger partial charge on any atom is 0.420 e. The van der Waals surface area contributed by atoms with E-state index in [4.69, 9.17) is 0 Å². The molecule has 8 heteroatoms. The van der Waals surface area contributed by atoms with Crippen LogP contribution in [-0.2, 0) is 11.5 Å². The van der Waals surface area contributed by atoms with E-state index in [2.05, 4.69) is 20.9 Å². The van der Waals surface area contributed by atoms with Crippen LogP contribution in [0, 0.1) is 10.1 Å². The second-order valence-electron chi connectivity index (χ2n) is 2.59. The fourth-order valence-corrected chi connectivity index (χ4v) is 1.41. The standard InChI is InChI=1S/C7H4BrF3N2O2/c8-2-4-1-6(13(14)15)12-3-5(4)7(9,10)11/h1,3H,2H2. The van der Waals surface area contributed by atoms with Gasteiger partial charge in [0.25, 0.3) is 0 Å². The zero-order valence-electron chi connectivity index (χ0n) is 7.08. The van der Waals surface area contributed by atoms with E-state index >= 15 is 0 Å². The second kappa shape index (κ2) is 4.13. The van der Waals surface area contributed by atoms with Crippen molar-refractivity contribution in [1.29, 1.82) is 0 Å². The number of halogens is 4. The molecule has 0 spiro atoms. The minimum atomic E-state index is -4.55. The molecule has 0 bridgehead atoms.